The normalized spacial score (nSPS) is 10.9. The Balaban J connectivity index is 0.00000156. The molecule has 2 aromatic carbocycles. The average Bonchev–Trinajstić information content (AvgIpc) is 2.87. The van der Waals surface area contributed by atoms with Gasteiger partial charge in [0.05, 0.1) is 5.69 Å². The Morgan fingerprint density at radius 3 is 2.48 bits per heavy atom. The van der Waals surface area contributed by atoms with E-state index in [4.69, 9.17) is 0 Å². The van der Waals surface area contributed by atoms with Crippen LogP contribution in [0.1, 0.15) is 5.56 Å². The van der Waals surface area contributed by atoms with Gasteiger partial charge in [0, 0.05) is 10.8 Å². The van der Waals surface area contributed by atoms with Gasteiger partial charge in [-0.2, -0.15) is 4.57 Å². The third-order valence-corrected chi connectivity index (χ3v) is 4.07. The third-order valence-electron chi connectivity index (χ3n) is 4.07. The maximum atomic E-state index is 12.8. The summed E-state index contributed by atoms with van der Waals surface area (Å²) in [6.07, 6.45) is 1.99. The van der Waals surface area contributed by atoms with Crippen molar-refractivity contribution in [3.05, 3.63) is 70.6 Å². The fourth-order valence-electron chi connectivity index (χ4n) is 2.93. The molecule has 0 spiro atoms. The molecule has 0 amide bonds. The summed E-state index contributed by atoms with van der Waals surface area (Å²) in [4.78, 5) is 12.8. The summed E-state index contributed by atoms with van der Waals surface area (Å²) in [5.41, 5.74) is 3.53. The molecule has 4 aromatic rings. The van der Waals surface area contributed by atoms with Gasteiger partial charge < -0.3 is 5.48 Å². The molecule has 0 aliphatic rings. The van der Waals surface area contributed by atoms with Gasteiger partial charge >= 0.3 is 5.56 Å². The predicted molar refractivity (Wildman–Crippen MR) is 89.3 cm³/mol. The lowest BCUT2D eigenvalue weighted by molar-refractivity contribution is -0.644. The molecule has 2 N–H and O–H groups in total. The van der Waals surface area contributed by atoms with Crippen LogP contribution in [0.15, 0.2) is 59.5 Å². The van der Waals surface area contributed by atoms with E-state index >= 15 is 0 Å². The van der Waals surface area contributed by atoms with Gasteiger partial charge in [-0.05, 0) is 25.1 Å². The lowest BCUT2D eigenvalue weighted by Crippen LogP contribution is -2.33. The summed E-state index contributed by atoms with van der Waals surface area (Å²) in [5, 5.41) is 5.43. The van der Waals surface area contributed by atoms with Gasteiger partial charge in [-0.1, -0.05) is 35.9 Å². The van der Waals surface area contributed by atoms with Crippen molar-refractivity contribution in [3.63, 3.8) is 0 Å². The number of hydrogen-bond acceptors (Lipinski definition) is 2. The summed E-state index contributed by atoms with van der Waals surface area (Å²) < 4.78 is 3.50. The molecule has 0 aliphatic carbocycles. The number of nitrogens with zero attached hydrogens (tertiary/aromatic N) is 2. The number of rotatable bonds is 1. The molecule has 0 saturated heterocycles. The van der Waals surface area contributed by atoms with E-state index in [1.54, 1.807) is 4.68 Å². The Morgan fingerprint density at radius 2 is 1.74 bits per heavy atom. The van der Waals surface area contributed by atoms with E-state index in [-0.39, 0.29) is 11.0 Å². The lowest BCUT2D eigenvalue weighted by atomic mass is 10.1. The fourth-order valence-corrected chi connectivity index (χ4v) is 2.93. The van der Waals surface area contributed by atoms with Gasteiger partial charge in [-0.25, -0.2) is 4.68 Å². The van der Waals surface area contributed by atoms with Crippen molar-refractivity contribution in [2.24, 2.45) is 7.05 Å². The van der Waals surface area contributed by atoms with Crippen molar-refractivity contribution in [1.82, 2.24) is 9.78 Å². The highest BCUT2D eigenvalue weighted by Gasteiger charge is 2.19. The second-order valence-electron chi connectivity index (χ2n) is 5.64. The molecule has 0 aliphatic heterocycles. The Morgan fingerprint density at radius 1 is 1.04 bits per heavy atom. The zero-order valence-corrected chi connectivity index (χ0v) is 12.9. The fraction of sp³-hybridized carbons (Fsp3) is 0.111. The minimum atomic E-state index is -0.0351. The van der Waals surface area contributed by atoms with Crippen molar-refractivity contribution in [2.45, 2.75) is 6.92 Å². The monoisotopic (exact) mass is 307 g/mol. The minimum Gasteiger partial charge on any atom is -0.870 e. The van der Waals surface area contributed by atoms with Crippen LogP contribution in [0.3, 0.4) is 0 Å². The molecule has 0 radical (unpaired) electrons. The Bertz CT molecular complexity index is 1060. The van der Waals surface area contributed by atoms with Crippen LogP contribution < -0.4 is 10.1 Å². The molecule has 4 rings (SSSR count). The summed E-state index contributed by atoms with van der Waals surface area (Å²) >= 11 is 0. The van der Waals surface area contributed by atoms with E-state index in [1.165, 1.54) is 5.56 Å². The van der Waals surface area contributed by atoms with E-state index < -0.39 is 0 Å². The van der Waals surface area contributed by atoms with Gasteiger partial charge in [0.1, 0.15) is 12.6 Å². The maximum Gasteiger partial charge on any atom is 0.344 e. The number of aryl methyl sites for hydroxylation is 2. The maximum absolute atomic E-state index is 12.8. The summed E-state index contributed by atoms with van der Waals surface area (Å²) in [5.74, 6) is 0. The molecular formula is C18H17N3O2. The van der Waals surface area contributed by atoms with Crippen molar-refractivity contribution >= 4 is 21.8 Å². The lowest BCUT2D eigenvalue weighted by Gasteiger charge is -2.00. The molecular weight excluding hydrogens is 290 g/mol. The number of fused-ring (bicyclic) bond motifs is 3. The zero-order chi connectivity index (χ0) is 15.3. The van der Waals surface area contributed by atoms with Crippen molar-refractivity contribution < 1.29 is 10.0 Å². The largest absolute Gasteiger partial charge is 0.870 e. The van der Waals surface area contributed by atoms with Gasteiger partial charge in [0.2, 0.25) is 0 Å². The molecule has 0 saturated carbocycles. The number of aromatic nitrogens is 3. The van der Waals surface area contributed by atoms with Gasteiger partial charge in [-0.3, -0.25) is 9.89 Å². The molecule has 0 fully saturated rings. The Kier molecular flexibility index (Phi) is 3.50. The van der Waals surface area contributed by atoms with E-state index in [0.29, 0.717) is 5.52 Å². The molecule has 5 nitrogen and oxygen atoms in total. The molecule has 2 aromatic heterocycles. The molecule has 0 bridgehead atoms. The van der Waals surface area contributed by atoms with E-state index in [0.717, 1.165) is 22.0 Å². The van der Waals surface area contributed by atoms with Crippen molar-refractivity contribution in [2.75, 3.05) is 0 Å². The number of benzene rings is 2. The van der Waals surface area contributed by atoms with Gasteiger partial charge in [0.25, 0.3) is 5.52 Å². The first kappa shape index (κ1) is 15.0. The average molecular weight is 307 g/mol. The first-order chi connectivity index (χ1) is 10.6. The second-order valence-corrected chi connectivity index (χ2v) is 5.64. The Labute approximate surface area is 132 Å². The number of pyridine rings is 1. The standard InChI is InChI=1S/C18H15N3O.H2O/c1-12-7-9-14(10-8-12)21-18(22)17-16(19-21)15-6-4-3-5-13(15)11-20(17)2;/h3-11H,1-2H3;1H2. The summed E-state index contributed by atoms with van der Waals surface area (Å²) in [6.45, 7) is 2.03. The molecule has 0 atom stereocenters. The van der Waals surface area contributed by atoms with Gasteiger partial charge in [0.15, 0.2) is 6.20 Å². The van der Waals surface area contributed by atoms with Gasteiger partial charge in [-0.15, -0.1) is 0 Å². The molecule has 5 heteroatoms. The Hall–Kier alpha value is -2.92. The van der Waals surface area contributed by atoms with Crippen LogP contribution >= 0.6 is 0 Å². The van der Waals surface area contributed by atoms with E-state index in [1.807, 2.05) is 67.2 Å². The first-order valence-electron chi connectivity index (χ1n) is 7.24. The topological polar surface area (TPSA) is 71.7 Å². The zero-order valence-electron chi connectivity index (χ0n) is 12.9. The molecule has 23 heavy (non-hydrogen) atoms. The number of hydrogen-bond donors (Lipinski definition) is 1. The quantitative estimate of drug-likeness (QED) is 0.549. The first-order valence-corrected chi connectivity index (χ1v) is 7.24. The van der Waals surface area contributed by atoms with Crippen LogP contribution in [0, 0.1) is 6.92 Å². The SMILES string of the molecule is Cc1ccc(-n2[nH]c3c4ccccc4c[n+](C)c3c2=O)cc1.[OH-]. The molecule has 0 unspecified atom stereocenters. The second kappa shape index (κ2) is 5.37. The number of aromatic amines is 1. The van der Waals surface area contributed by atoms with Crippen molar-refractivity contribution in [1.29, 1.82) is 0 Å². The molecule has 2 heterocycles. The van der Waals surface area contributed by atoms with Crippen molar-refractivity contribution in [3.8, 4) is 5.69 Å². The highest BCUT2D eigenvalue weighted by molar-refractivity contribution is 6.01. The number of H-pyrrole nitrogens is 1. The van der Waals surface area contributed by atoms with E-state index in [2.05, 4.69) is 11.2 Å². The number of nitrogens with one attached hydrogen (secondary N) is 1. The van der Waals surface area contributed by atoms with Crippen LogP contribution in [0.25, 0.3) is 27.5 Å². The van der Waals surface area contributed by atoms with Crippen LogP contribution in [-0.4, -0.2) is 15.3 Å². The third kappa shape index (κ3) is 2.22. The summed E-state index contributed by atoms with van der Waals surface area (Å²) in [6, 6.07) is 16.0. The molecule has 116 valence electrons. The summed E-state index contributed by atoms with van der Waals surface area (Å²) in [7, 11) is 1.91. The van der Waals surface area contributed by atoms with Crippen LogP contribution in [0.2, 0.25) is 0 Å². The highest BCUT2D eigenvalue weighted by Crippen LogP contribution is 2.19. The van der Waals surface area contributed by atoms with Crippen LogP contribution in [0.4, 0.5) is 0 Å². The highest BCUT2D eigenvalue weighted by atomic mass is 16.1. The van der Waals surface area contributed by atoms with Crippen LogP contribution in [-0.2, 0) is 7.05 Å². The predicted octanol–water partition coefficient (Wildman–Crippen LogP) is 2.43. The van der Waals surface area contributed by atoms with Crippen LogP contribution in [0.5, 0.6) is 0 Å². The minimum absolute atomic E-state index is 0. The smallest absolute Gasteiger partial charge is 0.344 e. The van der Waals surface area contributed by atoms with E-state index in [9.17, 15) is 4.79 Å².